The summed E-state index contributed by atoms with van der Waals surface area (Å²) >= 11 is 4.95. The van der Waals surface area contributed by atoms with E-state index in [4.69, 9.17) is 18.0 Å². The van der Waals surface area contributed by atoms with Gasteiger partial charge in [-0.25, -0.2) is 8.42 Å². The Hall–Kier alpha value is -1.47. The normalized spacial score (nSPS) is 14.3. The molecule has 0 aliphatic carbocycles. The summed E-state index contributed by atoms with van der Waals surface area (Å²) in [7, 11) is -3.35. The van der Waals surface area contributed by atoms with E-state index >= 15 is 0 Å². The summed E-state index contributed by atoms with van der Waals surface area (Å²) < 4.78 is 23.0. The van der Waals surface area contributed by atoms with Gasteiger partial charge in [0.1, 0.15) is 0 Å². The van der Waals surface area contributed by atoms with Crippen molar-refractivity contribution in [3.63, 3.8) is 0 Å². The predicted molar refractivity (Wildman–Crippen MR) is 82.5 cm³/mol. The van der Waals surface area contributed by atoms with Crippen LogP contribution in [0.15, 0.2) is 29.2 Å². The molecule has 1 amide bonds. The zero-order valence-electron chi connectivity index (χ0n) is 11.6. The van der Waals surface area contributed by atoms with Crippen molar-refractivity contribution < 1.29 is 13.2 Å². The Bertz CT molecular complexity index is 641. The zero-order valence-corrected chi connectivity index (χ0v) is 13.3. The summed E-state index contributed by atoms with van der Waals surface area (Å²) in [6.07, 6.45) is 1.63. The molecule has 0 spiro atoms. The summed E-state index contributed by atoms with van der Waals surface area (Å²) in [5.74, 6) is -0.410. The molecule has 0 fully saturated rings. The van der Waals surface area contributed by atoms with Gasteiger partial charge in [-0.2, -0.15) is 0 Å². The number of hydrogen-bond donors (Lipinski definition) is 2. The highest BCUT2D eigenvalue weighted by atomic mass is 32.2. The SMILES string of the molecule is CCC(C)(NC(=O)c1cccc(S(C)(=O)=O)c1)C(N)=S. The maximum atomic E-state index is 12.2. The van der Waals surface area contributed by atoms with Gasteiger partial charge in [-0.1, -0.05) is 25.2 Å². The van der Waals surface area contributed by atoms with E-state index in [-0.39, 0.29) is 15.4 Å². The van der Waals surface area contributed by atoms with Crippen molar-refractivity contribution in [2.45, 2.75) is 30.7 Å². The Balaban J connectivity index is 3.08. The van der Waals surface area contributed by atoms with Crippen LogP contribution in [0.5, 0.6) is 0 Å². The molecule has 1 unspecified atom stereocenters. The minimum atomic E-state index is -3.35. The molecule has 1 aromatic rings. The molecule has 0 aliphatic heterocycles. The van der Waals surface area contributed by atoms with E-state index in [9.17, 15) is 13.2 Å². The van der Waals surface area contributed by atoms with E-state index < -0.39 is 21.3 Å². The molecule has 0 aromatic heterocycles. The smallest absolute Gasteiger partial charge is 0.252 e. The standard InChI is InChI=1S/C13H18N2O3S2/c1-4-13(2,12(14)19)15-11(16)9-6-5-7-10(8-9)20(3,17)18/h5-8H,4H2,1-3H3,(H2,14,19)(H,15,16). The second-order valence-corrected chi connectivity index (χ2v) is 7.26. The highest BCUT2D eigenvalue weighted by molar-refractivity contribution is 7.90. The molecule has 20 heavy (non-hydrogen) atoms. The summed E-state index contributed by atoms with van der Waals surface area (Å²) in [5.41, 5.74) is 5.08. The minimum Gasteiger partial charge on any atom is -0.391 e. The van der Waals surface area contributed by atoms with Crippen LogP contribution in [0.3, 0.4) is 0 Å². The quantitative estimate of drug-likeness (QED) is 0.799. The van der Waals surface area contributed by atoms with Gasteiger partial charge in [0, 0.05) is 11.8 Å². The summed E-state index contributed by atoms with van der Waals surface area (Å²) in [6.45, 7) is 3.58. The van der Waals surface area contributed by atoms with Gasteiger partial charge in [-0.05, 0) is 31.5 Å². The Morgan fingerprint density at radius 2 is 2.05 bits per heavy atom. The minimum absolute atomic E-state index is 0.0960. The highest BCUT2D eigenvalue weighted by Gasteiger charge is 2.28. The number of nitrogens with one attached hydrogen (secondary N) is 1. The van der Waals surface area contributed by atoms with Crippen LogP contribution in [0.25, 0.3) is 0 Å². The fourth-order valence-electron chi connectivity index (χ4n) is 1.51. The van der Waals surface area contributed by atoms with Crippen LogP contribution in [-0.4, -0.2) is 31.1 Å². The number of hydrogen-bond acceptors (Lipinski definition) is 4. The Labute approximate surface area is 124 Å². The molecule has 0 saturated carbocycles. The average Bonchev–Trinajstić information content (AvgIpc) is 2.37. The molecule has 0 saturated heterocycles. The number of carbonyl (C=O) groups is 1. The van der Waals surface area contributed by atoms with Crippen LogP contribution >= 0.6 is 12.2 Å². The first-order valence-corrected chi connectivity index (χ1v) is 8.32. The molecule has 1 atom stereocenters. The van der Waals surface area contributed by atoms with E-state index in [1.807, 2.05) is 6.92 Å². The first kappa shape index (κ1) is 16.6. The van der Waals surface area contributed by atoms with E-state index in [1.165, 1.54) is 18.2 Å². The topological polar surface area (TPSA) is 89.3 Å². The lowest BCUT2D eigenvalue weighted by Crippen LogP contribution is -2.54. The molecular weight excluding hydrogens is 296 g/mol. The van der Waals surface area contributed by atoms with E-state index in [2.05, 4.69) is 5.32 Å². The number of nitrogens with two attached hydrogens (primary N) is 1. The number of carbonyl (C=O) groups excluding carboxylic acids is 1. The summed E-state index contributed by atoms with van der Waals surface area (Å²) in [6, 6.07) is 5.84. The molecule has 1 aromatic carbocycles. The third-order valence-corrected chi connectivity index (χ3v) is 4.73. The molecular formula is C13H18N2O3S2. The molecule has 110 valence electrons. The predicted octanol–water partition coefficient (Wildman–Crippen LogP) is 1.27. The van der Waals surface area contributed by atoms with Gasteiger partial charge in [0.15, 0.2) is 9.84 Å². The van der Waals surface area contributed by atoms with E-state index in [0.717, 1.165) is 6.26 Å². The number of thiocarbonyl (C=S) groups is 1. The third kappa shape index (κ3) is 3.77. The summed E-state index contributed by atoms with van der Waals surface area (Å²) in [4.78, 5) is 12.5. The van der Waals surface area contributed by atoms with E-state index in [1.54, 1.807) is 13.0 Å². The number of sulfone groups is 1. The number of amides is 1. The largest absolute Gasteiger partial charge is 0.391 e. The molecule has 3 N–H and O–H groups in total. The van der Waals surface area contributed by atoms with Crippen molar-refractivity contribution in [2.75, 3.05) is 6.26 Å². The van der Waals surface area contributed by atoms with Crippen LogP contribution in [0, 0.1) is 0 Å². The third-order valence-electron chi connectivity index (χ3n) is 3.16. The first-order valence-electron chi connectivity index (χ1n) is 6.02. The molecule has 1 rings (SSSR count). The Morgan fingerprint density at radius 1 is 1.45 bits per heavy atom. The lowest BCUT2D eigenvalue weighted by atomic mass is 9.98. The van der Waals surface area contributed by atoms with Crippen molar-refractivity contribution >= 4 is 33.0 Å². The van der Waals surface area contributed by atoms with Gasteiger partial charge < -0.3 is 11.1 Å². The number of rotatable bonds is 5. The van der Waals surface area contributed by atoms with Crippen LogP contribution in [0.2, 0.25) is 0 Å². The number of benzene rings is 1. The molecule has 0 radical (unpaired) electrons. The molecule has 0 aliphatic rings. The zero-order chi connectivity index (χ0) is 15.6. The monoisotopic (exact) mass is 314 g/mol. The van der Waals surface area contributed by atoms with Gasteiger partial charge in [0.2, 0.25) is 0 Å². The van der Waals surface area contributed by atoms with Gasteiger partial charge >= 0.3 is 0 Å². The van der Waals surface area contributed by atoms with Crippen LogP contribution in [-0.2, 0) is 9.84 Å². The van der Waals surface area contributed by atoms with E-state index in [0.29, 0.717) is 6.42 Å². The molecule has 0 heterocycles. The van der Waals surface area contributed by atoms with Crippen LogP contribution < -0.4 is 11.1 Å². The fourth-order valence-corrected chi connectivity index (χ4v) is 2.38. The summed E-state index contributed by atoms with van der Waals surface area (Å²) in [5, 5.41) is 2.74. The van der Waals surface area contributed by atoms with Crippen molar-refractivity contribution in [2.24, 2.45) is 5.73 Å². The van der Waals surface area contributed by atoms with Crippen molar-refractivity contribution in [1.29, 1.82) is 0 Å². The second-order valence-electron chi connectivity index (χ2n) is 4.80. The lowest BCUT2D eigenvalue weighted by Gasteiger charge is -2.28. The van der Waals surface area contributed by atoms with Gasteiger partial charge in [-0.15, -0.1) is 0 Å². The van der Waals surface area contributed by atoms with Gasteiger partial charge in [0.25, 0.3) is 5.91 Å². The van der Waals surface area contributed by atoms with Crippen molar-refractivity contribution in [1.82, 2.24) is 5.32 Å². The lowest BCUT2D eigenvalue weighted by molar-refractivity contribution is 0.0926. The first-order chi connectivity index (χ1) is 9.10. The molecule has 7 heteroatoms. The second kappa shape index (κ2) is 5.88. The van der Waals surface area contributed by atoms with Crippen LogP contribution in [0.1, 0.15) is 30.6 Å². The van der Waals surface area contributed by atoms with Crippen LogP contribution in [0.4, 0.5) is 0 Å². The highest BCUT2D eigenvalue weighted by Crippen LogP contribution is 2.14. The van der Waals surface area contributed by atoms with Crippen molar-refractivity contribution in [3.8, 4) is 0 Å². The maximum absolute atomic E-state index is 12.2. The van der Waals surface area contributed by atoms with Gasteiger partial charge in [0.05, 0.1) is 15.4 Å². The Morgan fingerprint density at radius 3 is 2.50 bits per heavy atom. The average molecular weight is 314 g/mol. The van der Waals surface area contributed by atoms with Gasteiger partial charge in [-0.3, -0.25) is 4.79 Å². The maximum Gasteiger partial charge on any atom is 0.252 e. The molecule has 0 bridgehead atoms. The Kier molecular flexibility index (Phi) is 4.88. The fraction of sp³-hybridized carbons (Fsp3) is 0.385. The van der Waals surface area contributed by atoms with Crippen molar-refractivity contribution in [3.05, 3.63) is 29.8 Å². The molecule has 5 nitrogen and oxygen atoms in total.